The van der Waals surface area contributed by atoms with Crippen molar-refractivity contribution in [3.8, 4) is 11.3 Å². The second kappa shape index (κ2) is 5.05. The zero-order valence-corrected chi connectivity index (χ0v) is 10.3. The Hall–Kier alpha value is -2.08. The van der Waals surface area contributed by atoms with Crippen LogP contribution in [-0.4, -0.2) is 23.3 Å². The molecule has 2 rings (SSSR count). The number of carbonyl (C=O) groups excluding carboxylic acids is 1. The number of esters is 1. The Balaban J connectivity index is 2.51. The minimum Gasteiger partial charge on any atom is -0.465 e. The summed E-state index contributed by atoms with van der Waals surface area (Å²) in [5.74, 6) is -1.13. The van der Waals surface area contributed by atoms with E-state index in [2.05, 4.69) is 14.9 Å². The number of H-pyrrole nitrogens is 1. The highest BCUT2D eigenvalue weighted by Crippen LogP contribution is 2.20. The second-order valence-corrected chi connectivity index (χ2v) is 3.97. The van der Waals surface area contributed by atoms with Crippen molar-refractivity contribution >= 4 is 18.2 Å². The van der Waals surface area contributed by atoms with Gasteiger partial charge in [0.05, 0.1) is 18.4 Å². The van der Waals surface area contributed by atoms with Gasteiger partial charge in [0.2, 0.25) is 0 Å². The van der Waals surface area contributed by atoms with Crippen LogP contribution in [0.1, 0.15) is 10.4 Å². The summed E-state index contributed by atoms with van der Waals surface area (Å²) in [7, 11) is 1.24. The molecule has 0 bridgehead atoms. The summed E-state index contributed by atoms with van der Waals surface area (Å²) in [6.45, 7) is 0. The maximum Gasteiger partial charge on any atom is 0.337 e. The van der Waals surface area contributed by atoms with Gasteiger partial charge in [-0.05, 0) is 30.3 Å². The number of nitrogens with zero attached hydrogens (tertiary/aromatic N) is 1. The quantitative estimate of drug-likeness (QED) is 0.669. The molecule has 1 aromatic carbocycles. The smallest absolute Gasteiger partial charge is 0.337 e. The van der Waals surface area contributed by atoms with Crippen LogP contribution in [0, 0.1) is 10.5 Å². The van der Waals surface area contributed by atoms with Gasteiger partial charge in [-0.3, -0.25) is 5.10 Å². The fourth-order valence-corrected chi connectivity index (χ4v) is 1.59. The highest BCUT2D eigenvalue weighted by molar-refractivity contribution is 7.71. The van der Waals surface area contributed by atoms with Gasteiger partial charge in [0, 0.05) is 5.56 Å². The number of benzene rings is 1. The van der Waals surface area contributed by atoms with E-state index in [0.29, 0.717) is 15.9 Å². The number of nitrogens with one attached hydrogen (secondary N) is 1. The van der Waals surface area contributed by atoms with Gasteiger partial charge in [-0.15, -0.1) is 0 Å². The molecule has 0 fully saturated rings. The van der Waals surface area contributed by atoms with E-state index >= 15 is 0 Å². The summed E-state index contributed by atoms with van der Waals surface area (Å²) in [5, 5.41) is 6.57. The Morgan fingerprint density at radius 1 is 1.39 bits per heavy atom. The molecule has 0 unspecified atom stereocenters. The first kappa shape index (κ1) is 12.4. The van der Waals surface area contributed by atoms with Crippen LogP contribution in [0.2, 0.25) is 0 Å². The van der Waals surface area contributed by atoms with Crippen LogP contribution in [-0.2, 0) is 4.74 Å². The number of aromatic amines is 1. The van der Waals surface area contributed by atoms with Crippen molar-refractivity contribution in [3.63, 3.8) is 0 Å². The Labute approximate surface area is 107 Å². The predicted octanol–water partition coefficient (Wildman–Crippen LogP) is 2.73. The lowest BCUT2D eigenvalue weighted by Crippen LogP contribution is -2.02. The zero-order chi connectivity index (χ0) is 13.1. The van der Waals surface area contributed by atoms with Crippen LogP contribution >= 0.6 is 12.2 Å². The fourth-order valence-electron chi connectivity index (χ4n) is 1.48. The summed E-state index contributed by atoms with van der Waals surface area (Å²) < 4.78 is 18.4. The van der Waals surface area contributed by atoms with Crippen LogP contribution in [0.5, 0.6) is 0 Å². The van der Waals surface area contributed by atoms with Crippen LogP contribution < -0.4 is 0 Å². The number of methoxy groups -OCH3 is 1. The highest BCUT2D eigenvalue weighted by Gasteiger charge is 2.10. The summed E-state index contributed by atoms with van der Waals surface area (Å²) in [6.07, 6.45) is 0. The van der Waals surface area contributed by atoms with Gasteiger partial charge in [0.25, 0.3) is 0 Å². The molecule has 18 heavy (non-hydrogen) atoms. The molecule has 0 aliphatic carbocycles. The largest absolute Gasteiger partial charge is 0.465 e. The summed E-state index contributed by atoms with van der Waals surface area (Å²) >= 11 is 4.87. The van der Waals surface area contributed by atoms with Gasteiger partial charge in [-0.25, -0.2) is 9.18 Å². The molecule has 0 radical (unpaired) electrons. The first-order valence-corrected chi connectivity index (χ1v) is 5.46. The van der Waals surface area contributed by atoms with Crippen LogP contribution in [0.15, 0.2) is 30.3 Å². The maximum absolute atomic E-state index is 13.4. The normalized spacial score (nSPS) is 10.1. The fraction of sp³-hybridized carbons (Fsp3) is 0.0833. The van der Waals surface area contributed by atoms with Crippen LogP contribution in [0.25, 0.3) is 11.3 Å². The molecule has 0 aliphatic heterocycles. The second-order valence-electron chi connectivity index (χ2n) is 3.53. The Morgan fingerprint density at radius 2 is 2.17 bits per heavy atom. The Bertz CT molecular complexity index is 634. The first-order valence-electron chi connectivity index (χ1n) is 5.05. The number of hydrogen-bond donors (Lipinski definition) is 1. The van der Waals surface area contributed by atoms with E-state index < -0.39 is 11.8 Å². The lowest BCUT2D eigenvalue weighted by atomic mass is 10.1. The standard InChI is InChI=1S/C12H9FN2O2S/c1-17-12(16)8-4-7(5-9(13)6-8)10-2-3-11(18)15-14-10/h2-6H,1H3,(H,15,18). The average Bonchev–Trinajstić information content (AvgIpc) is 2.38. The van der Waals surface area contributed by atoms with E-state index in [1.165, 1.54) is 19.2 Å². The van der Waals surface area contributed by atoms with Gasteiger partial charge >= 0.3 is 5.97 Å². The van der Waals surface area contributed by atoms with Gasteiger partial charge in [-0.2, -0.15) is 5.10 Å². The third-order valence-electron chi connectivity index (χ3n) is 2.29. The molecule has 0 saturated carbocycles. The summed E-state index contributed by atoms with van der Waals surface area (Å²) in [5.41, 5.74) is 1.10. The van der Waals surface area contributed by atoms with E-state index in [-0.39, 0.29) is 5.56 Å². The van der Waals surface area contributed by atoms with E-state index in [0.717, 1.165) is 6.07 Å². The summed E-state index contributed by atoms with van der Waals surface area (Å²) in [6, 6.07) is 7.19. The van der Waals surface area contributed by atoms with Gasteiger partial charge < -0.3 is 4.74 Å². The monoisotopic (exact) mass is 264 g/mol. The van der Waals surface area contributed by atoms with Gasteiger partial charge in [0.15, 0.2) is 0 Å². The van der Waals surface area contributed by atoms with Crippen molar-refractivity contribution in [2.24, 2.45) is 0 Å². The highest BCUT2D eigenvalue weighted by atomic mass is 32.1. The third-order valence-corrected chi connectivity index (χ3v) is 2.52. The number of carbonyl (C=O) groups is 1. The average molecular weight is 264 g/mol. The maximum atomic E-state index is 13.4. The van der Waals surface area contributed by atoms with E-state index in [1.54, 1.807) is 12.1 Å². The molecule has 1 aromatic heterocycles. The molecule has 2 aromatic rings. The van der Waals surface area contributed by atoms with Crippen LogP contribution in [0.3, 0.4) is 0 Å². The molecule has 0 amide bonds. The van der Waals surface area contributed by atoms with Crippen molar-refractivity contribution in [1.29, 1.82) is 0 Å². The molecular weight excluding hydrogens is 255 g/mol. The number of hydrogen-bond acceptors (Lipinski definition) is 4. The Kier molecular flexibility index (Phi) is 3.47. The molecule has 6 heteroatoms. The van der Waals surface area contributed by atoms with Crippen molar-refractivity contribution in [2.75, 3.05) is 7.11 Å². The lowest BCUT2D eigenvalue weighted by Gasteiger charge is -2.04. The summed E-state index contributed by atoms with van der Waals surface area (Å²) in [4.78, 5) is 11.4. The molecule has 0 saturated heterocycles. The predicted molar refractivity (Wildman–Crippen MR) is 66.2 cm³/mol. The van der Waals surface area contributed by atoms with Gasteiger partial charge in [-0.1, -0.05) is 12.2 Å². The van der Waals surface area contributed by atoms with Gasteiger partial charge in [0.1, 0.15) is 10.5 Å². The minimum absolute atomic E-state index is 0.136. The topological polar surface area (TPSA) is 55.0 Å². The molecule has 0 spiro atoms. The zero-order valence-electron chi connectivity index (χ0n) is 9.44. The number of ether oxygens (including phenoxy) is 1. The molecular formula is C12H9FN2O2S. The van der Waals surface area contributed by atoms with E-state index in [4.69, 9.17) is 12.2 Å². The van der Waals surface area contributed by atoms with Crippen molar-refractivity contribution in [1.82, 2.24) is 10.2 Å². The molecule has 1 heterocycles. The van der Waals surface area contributed by atoms with Crippen molar-refractivity contribution < 1.29 is 13.9 Å². The lowest BCUT2D eigenvalue weighted by molar-refractivity contribution is 0.0600. The molecule has 0 aliphatic rings. The first-order chi connectivity index (χ1) is 8.60. The Morgan fingerprint density at radius 3 is 2.78 bits per heavy atom. The number of rotatable bonds is 2. The molecule has 1 N–H and O–H groups in total. The third kappa shape index (κ3) is 2.60. The molecule has 4 nitrogen and oxygen atoms in total. The van der Waals surface area contributed by atoms with Crippen molar-refractivity contribution in [2.45, 2.75) is 0 Å². The number of halogens is 1. The van der Waals surface area contributed by atoms with E-state index in [9.17, 15) is 9.18 Å². The molecule has 0 atom stereocenters. The van der Waals surface area contributed by atoms with Crippen LogP contribution in [0.4, 0.5) is 4.39 Å². The van der Waals surface area contributed by atoms with E-state index in [1.807, 2.05) is 0 Å². The van der Waals surface area contributed by atoms with Crippen molar-refractivity contribution in [3.05, 3.63) is 46.4 Å². The molecule has 92 valence electrons. The number of aromatic nitrogens is 2. The minimum atomic E-state index is -0.598. The SMILES string of the molecule is COC(=O)c1cc(F)cc(-c2ccc(=S)[nH]n2)c1.